The van der Waals surface area contributed by atoms with Gasteiger partial charge in [-0.15, -0.1) is 0 Å². The third kappa shape index (κ3) is 6.20. The van der Waals surface area contributed by atoms with Gasteiger partial charge < -0.3 is 10.6 Å². The zero-order valence-electron chi connectivity index (χ0n) is 10.8. The smallest absolute Gasteiger partial charge is 0.0178 e. The first-order chi connectivity index (χ1) is 8.11. The van der Waals surface area contributed by atoms with Gasteiger partial charge in [-0.3, -0.25) is 0 Å². The van der Waals surface area contributed by atoms with Crippen LogP contribution in [-0.4, -0.2) is 31.6 Å². The highest BCUT2D eigenvalue weighted by atomic mass is 79.9. The zero-order valence-corrected chi connectivity index (χ0v) is 12.4. The van der Waals surface area contributed by atoms with E-state index in [1.807, 2.05) is 0 Å². The molecular formula is C14H23BrN2. The maximum atomic E-state index is 5.62. The first-order valence-corrected chi connectivity index (χ1v) is 7.04. The molecule has 1 aromatic rings. The molecule has 0 bridgehead atoms. The van der Waals surface area contributed by atoms with Crippen molar-refractivity contribution in [3.63, 3.8) is 0 Å². The summed E-state index contributed by atoms with van der Waals surface area (Å²) in [5.74, 6) is 0.628. The van der Waals surface area contributed by atoms with Crippen molar-refractivity contribution in [2.45, 2.75) is 19.8 Å². The van der Waals surface area contributed by atoms with Gasteiger partial charge in [-0.1, -0.05) is 35.0 Å². The number of rotatable bonds is 7. The highest BCUT2D eigenvalue weighted by molar-refractivity contribution is 9.10. The Morgan fingerprint density at radius 3 is 2.76 bits per heavy atom. The van der Waals surface area contributed by atoms with Gasteiger partial charge >= 0.3 is 0 Å². The highest BCUT2D eigenvalue weighted by Crippen LogP contribution is 2.12. The summed E-state index contributed by atoms with van der Waals surface area (Å²) < 4.78 is 1.16. The van der Waals surface area contributed by atoms with Gasteiger partial charge in [-0.25, -0.2) is 0 Å². The predicted molar refractivity (Wildman–Crippen MR) is 78.2 cm³/mol. The Morgan fingerprint density at radius 1 is 1.35 bits per heavy atom. The van der Waals surface area contributed by atoms with Crippen molar-refractivity contribution in [3.8, 4) is 0 Å². The van der Waals surface area contributed by atoms with Crippen LogP contribution in [-0.2, 0) is 6.42 Å². The fourth-order valence-corrected chi connectivity index (χ4v) is 2.13. The largest absolute Gasteiger partial charge is 0.330 e. The van der Waals surface area contributed by atoms with E-state index in [-0.39, 0.29) is 0 Å². The molecule has 0 heterocycles. The second kappa shape index (κ2) is 7.85. The molecule has 2 nitrogen and oxygen atoms in total. The molecule has 0 amide bonds. The molecule has 0 aromatic heterocycles. The maximum absolute atomic E-state index is 5.62. The minimum absolute atomic E-state index is 0.628. The minimum atomic E-state index is 0.628. The molecule has 2 N–H and O–H groups in total. The summed E-state index contributed by atoms with van der Waals surface area (Å²) in [6.07, 6.45) is 2.29. The molecule has 1 aromatic carbocycles. The molecule has 0 aliphatic rings. The Balaban J connectivity index is 2.26. The lowest BCUT2D eigenvalue weighted by molar-refractivity contribution is 0.310. The predicted octanol–water partition coefficient (Wildman–Crippen LogP) is 2.91. The van der Waals surface area contributed by atoms with Gasteiger partial charge in [0.2, 0.25) is 0 Å². The van der Waals surface area contributed by atoms with Crippen LogP contribution in [0.4, 0.5) is 0 Å². The molecule has 0 saturated carbocycles. The summed E-state index contributed by atoms with van der Waals surface area (Å²) in [6.45, 7) is 5.24. The second-order valence-corrected chi connectivity index (χ2v) is 5.73. The topological polar surface area (TPSA) is 29.3 Å². The molecular weight excluding hydrogens is 276 g/mol. The Kier molecular flexibility index (Phi) is 6.78. The van der Waals surface area contributed by atoms with Gasteiger partial charge in [-0.2, -0.15) is 0 Å². The molecule has 0 fully saturated rings. The number of nitrogens with two attached hydrogens (primary N) is 1. The lowest BCUT2D eigenvalue weighted by Crippen LogP contribution is -2.25. The van der Waals surface area contributed by atoms with Crippen molar-refractivity contribution in [1.82, 2.24) is 4.90 Å². The molecule has 17 heavy (non-hydrogen) atoms. The van der Waals surface area contributed by atoms with E-state index in [1.54, 1.807) is 0 Å². The highest BCUT2D eigenvalue weighted by Gasteiger charge is 2.03. The lowest BCUT2D eigenvalue weighted by atomic mass is 10.1. The fourth-order valence-electron chi connectivity index (χ4n) is 1.68. The number of hydrogen-bond donors (Lipinski definition) is 1. The zero-order chi connectivity index (χ0) is 12.7. The van der Waals surface area contributed by atoms with Crippen molar-refractivity contribution in [2.24, 2.45) is 11.7 Å². The summed E-state index contributed by atoms with van der Waals surface area (Å²) in [5.41, 5.74) is 7.00. The molecule has 0 aliphatic heterocycles. The van der Waals surface area contributed by atoms with Gasteiger partial charge in [0, 0.05) is 11.0 Å². The number of hydrogen-bond acceptors (Lipinski definition) is 2. The molecule has 1 atom stereocenters. The third-order valence-electron chi connectivity index (χ3n) is 3.08. The van der Waals surface area contributed by atoms with Crippen molar-refractivity contribution in [3.05, 3.63) is 34.3 Å². The molecule has 0 radical (unpaired) electrons. The number of benzene rings is 1. The Morgan fingerprint density at radius 2 is 2.12 bits per heavy atom. The van der Waals surface area contributed by atoms with Crippen molar-refractivity contribution >= 4 is 15.9 Å². The van der Waals surface area contributed by atoms with E-state index in [1.165, 1.54) is 12.0 Å². The van der Waals surface area contributed by atoms with Crippen LogP contribution in [0.25, 0.3) is 0 Å². The molecule has 0 aliphatic carbocycles. The van der Waals surface area contributed by atoms with Gasteiger partial charge in [0.1, 0.15) is 0 Å². The van der Waals surface area contributed by atoms with Gasteiger partial charge in [-0.05, 0) is 56.6 Å². The standard InChI is InChI=1S/C14H23BrN2/c1-12(11-16)6-8-17(2)9-7-13-4-3-5-14(15)10-13/h3-5,10,12H,6-9,11,16H2,1-2H3. The summed E-state index contributed by atoms with van der Waals surface area (Å²) in [6, 6.07) is 8.53. The van der Waals surface area contributed by atoms with E-state index >= 15 is 0 Å². The van der Waals surface area contributed by atoms with Crippen LogP contribution in [0.2, 0.25) is 0 Å². The van der Waals surface area contributed by atoms with Crippen LogP contribution >= 0.6 is 15.9 Å². The Labute approximate surface area is 113 Å². The normalized spacial score (nSPS) is 13.0. The lowest BCUT2D eigenvalue weighted by Gasteiger charge is -2.18. The minimum Gasteiger partial charge on any atom is -0.330 e. The summed E-state index contributed by atoms with van der Waals surface area (Å²) in [7, 11) is 2.18. The quantitative estimate of drug-likeness (QED) is 0.839. The van der Waals surface area contributed by atoms with Crippen molar-refractivity contribution < 1.29 is 0 Å². The van der Waals surface area contributed by atoms with E-state index < -0.39 is 0 Å². The maximum Gasteiger partial charge on any atom is 0.0178 e. The molecule has 0 saturated heterocycles. The van der Waals surface area contributed by atoms with E-state index in [2.05, 4.69) is 59.1 Å². The molecule has 1 rings (SSSR count). The molecule has 1 unspecified atom stereocenters. The molecule has 0 spiro atoms. The van der Waals surface area contributed by atoms with Crippen LogP contribution < -0.4 is 5.73 Å². The number of nitrogens with zero attached hydrogens (tertiary/aromatic N) is 1. The van der Waals surface area contributed by atoms with Crippen molar-refractivity contribution in [1.29, 1.82) is 0 Å². The first kappa shape index (κ1) is 14.7. The monoisotopic (exact) mass is 298 g/mol. The molecule has 3 heteroatoms. The van der Waals surface area contributed by atoms with Gasteiger partial charge in [0.05, 0.1) is 0 Å². The summed E-state index contributed by atoms with van der Waals surface area (Å²) in [4.78, 5) is 2.38. The fraction of sp³-hybridized carbons (Fsp3) is 0.571. The van der Waals surface area contributed by atoms with Crippen LogP contribution in [0.5, 0.6) is 0 Å². The summed E-state index contributed by atoms with van der Waals surface area (Å²) in [5, 5.41) is 0. The van der Waals surface area contributed by atoms with Crippen LogP contribution in [0.1, 0.15) is 18.9 Å². The Hall–Kier alpha value is -0.380. The summed E-state index contributed by atoms with van der Waals surface area (Å²) >= 11 is 3.50. The van der Waals surface area contributed by atoms with E-state index in [9.17, 15) is 0 Å². The number of likely N-dealkylation sites (N-methyl/N-ethyl adjacent to an activating group) is 1. The van der Waals surface area contributed by atoms with E-state index in [0.717, 1.165) is 30.5 Å². The van der Waals surface area contributed by atoms with Gasteiger partial charge in [0.15, 0.2) is 0 Å². The van der Waals surface area contributed by atoms with Crippen molar-refractivity contribution in [2.75, 3.05) is 26.7 Å². The second-order valence-electron chi connectivity index (χ2n) is 4.81. The third-order valence-corrected chi connectivity index (χ3v) is 3.57. The average molecular weight is 299 g/mol. The average Bonchev–Trinajstić information content (AvgIpc) is 2.33. The SMILES string of the molecule is CC(CN)CCN(C)CCc1cccc(Br)c1. The van der Waals surface area contributed by atoms with Crippen LogP contribution in [0.15, 0.2) is 28.7 Å². The number of halogens is 1. The van der Waals surface area contributed by atoms with E-state index in [4.69, 9.17) is 5.73 Å². The van der Waals surface area contributed by atoms with Crippen LogP contribution in [0.3, 0.4) is 0 Å². The Bertz CT molecular complexity index is 328. The van der Waals surface area contributed by atoms with Gasteiger partial charge in [0.25, 0.3) is 0 Å². The first-order valence-electron chi connectivity index (χ1n) is 6.25. The molecule has 96 valence electrons. The van der Waals surface area contributed by atoms with E-state index in [0.29, 0.717) is 5.92 Å². The van der Waals surface area contributed by atoms with Crippen LogP contribution in [0, 0.1) is 5.92 Å².